The number of carbonyl (C=O) groups is 2. The Morgan fingerprint density at radius 3 is 2.62 bits per heavy atom. The summed E-state index contributed by atoms with van der Waals surface area (Å²) in [6, 6.07) is 18.2. The molecule has 1 heterocycles. The van der Waals surface area contributed by atoms with Crippen molar-refractivity contribution in [3.63, 3.8) is 0 Å². The number of rotatable bonds is 5. The fourth-order valence-corrected chi connectivity index (χ4v) is 4.46. The molecule has 3 aromatic rings. The SMILES string of the molecule is Cc1cccc(COc2ccc(Br)cc2/C=C2\C(=O)NC(=S)N(c3cccc(Cl)c3Cl)C2=O)c1. The van der Waals surface area contributed by atoms with Gasteiger partial charge in [-0.2, -0.15) is 0 Å². The van der Waals surface area contributed by atoms with Gasteiger partial charge in [-0.3, -0.25) is 19.8 Å². The Kier molecular flexibility index (Phi) is 7.38. The number of benzene rings is 3. The van der Waals surface area contributed by atoms with E-state index in [1.165, 1.54) is 6.08 Å². The minimum absolute atomic E-state index is 0.0820. The lowest BCUT2D eigenvalue weighted by molar-refractivity contribution is -0.122. The highest BCUT2D eigenvalue weighted by Gasteiger charge is 2.36. The molecule has 4 rings (SSSR count). The zero-order valence-electron chi connectivity index (χ0n) is 17.8. The van der Waals surface area contributed by atoms with Gasteiger partial charge in [0.25, 0.3) is 11.8 Å². The van der Waals surface area contributed by atoms with E-state index in [1.54, 1.807) is 30.3 Å². The van der Waals surface area contributed by atoms with Gasteiger partial charge in [0.2, 0.25) is 0 Å². The highest BCUT2D eigenvalue weighted by molar-refractivity contribution is 9.10. The predicted molar refractivity (Wildman–Crippen MR) is 142 cm³/mol. The third kappa shape index (κ3) is 5.18. The summed E-state index contributed by atoms with van der Waals surface area (Å²) in [7, 11) is 0. The lowest BCUT2D eigenvalue weighted by Crippen LogP contribution is -2.54. The van der Waals surface area contributed by atoms with E-state index in [0.29, 0.717) is 17.9 Å². The summed E-state index contributed by atoms with van der Waals surface area (Å²) in [5, 5.41) is 2.88. The molecule has 1 aliphatic heterocycles. The Balaban J connectivity index is 1.70. The summed E-state index contributed by atoms with van der Waals surface area (Å²) in [5.74, 6) is -0.727. The topological polar surface area (TPSA) is 58.6 Å². The lowest BCUT2D eigenvalue weighted by Gasteiger charge is -2.29. The van der Waals surface area contributed by atoms with Crippen LogP contribution in [0.25, 0.3) is 6.08 Å². The predicted octanol–water partition coefficient (Wildman–Crippen LogP) is 6.47. The van der Waals surface area contributed by atoms with E-state index >= 15 is 0 Å². The number of amides is 2. The number of carbonyl (C=O) groups excluding carboxylic acids is 2. The monoisotopic (exact) mass is 574 g/mol. The minimum Gasteiger partial charge on any atom is -0.488 e. The molecule has 0 radical (unpaired) electrons. The van der Waals surface area contributed by atoms with Gasteiger partial charge < -0.3 is 4.74 Å². The smallest absolute Gasteiger partial charge is 0.270 e. The quantitative estimate of drug-likeness (QED) is 0.215. The van der Waals surface area contributed by atoms with E-state index < -0.39 is 11.8 Å². The molecule has 1 saturated heterocycles. The number of ether oxygens (including phenoxy) is 1. The molecule has 0 aliphatic carbocycles. The number of halogens is 3. The summed E-state index contributed by atoms with van der Waals surface area (Å²) in [6.45, 7) is 2.34. The third-order valence-corrected chi connectivity index (χ3v) is 6.61. The summed E-state index contributed by atoms with van der Waals surface area (Å²) < 4.78 is 6.79. The molecule has 0 spiro atoms. The summed E-state index contributed by atoms with van der Waals surface area (Å²) >= 11 is 21.1. The second kappa shape index (κ2) is 10.3. The van der Waals surface area contributed by atoms with E-state index in [0.717, 1.165) is 20.5 Å². The minimum atomic E-state index is -0.623. The summed E-state index contributed by atoms with van der Waals surface area (Å²) in [5.41, 5.74) is 2.83. The fourth-order valence-electron chi connectivity index (χ4n) is 3.42. The molecular formula is C25H17BrCl2N2O3S. The Labute approximate surface area is 220 Å². The molecule has 1 N–H and O–H groups in total. The van der Waals surface area contributed by atoms with Crippen molar-refractivity contribution in [3.8, 4) is 5.75 Å². The van der Waals surface area contributed by atoms with Crippen LogP contribution in [0.3, 0.4) is 0 Å². The van der Waals surface area contributed by atoms with E-state index in [2.05, 4.69) is 21.2 Å². The average molecular weight is 576 g/mol. The van der Waals surface area contributed by atoms with Crippen LogP contribution in [0, 0.1) is 6.92 Å². The van der Waals surface area contributed by atoms with Gasteiger partial charge in [-0.15, -0.1) is 0 Å². The lowest BCUT2D eigenvalue weighted by atomic mass is 10.1. The first-order chi connectivity index (χ1) is 16.2. The number of anilines is 1. The van der Waals surface area contributed by atoms with Crippen molar-refractivity contribution in [3.05, 3.63) is 97.4 Å². The van der Waals surface area contributed by atoms with Crippen molar-refractivity contribution in [2.45, 2.75) is 13.5 Å². The van der Waals surface area contributed by atoms with Crippen LogP contribution < -0.4 is 15.0 Å². The standard InChI is InChI=1S/C25H17BrCl2N2O3S/c1-14-4-2-5-15(10-14)13-33-21-9-8-17(26)11-16(21)12-18-23(31)29-25(34)30(24(18)32)20-7-3-6-19(27)22(20)28/h2-12H,13H2,1H3,(H,29,31,34)/b18-12+. The number of aryl methyl sites for hydroxylation is 1. The first-order valence-electron chi connectivity index (χ1n) is 10.1. The molecule has 9 heteroatoms. The van der Waals surface area contributed by atoms with Crippen molar-refractivity contribution < 1.29 is 14.3 Å². The first-order valence-corrected chi connectivity index (χ1v) is 12.0. The molecule has 5 nitrogen and oxygen atoms in total. The maximum Gasteiger partial charge on any atom is 0.270 e. The Hall–Kier alpha value is -2.71. The molecule has 0 aromatic heterocycles. The van der Waals surface area contributed by atoms with Gasteiger partial charge in [0.15, 0.2) is 5.11 Å². The van der Waals surface area contributed by atoms with Gasteiger partial charge in [0.05, 0.1) is 15.7 Å². The maximum absolute atomic E-state index is 13.4. The summed E-state index contributed by atoms with van der Waals surface area (Å²) in [6.07, 6.45) is 1.47. The number of nitrogens with zero attached hydrogens (tertiary/aromatic N) is 1. The van der Waals surface area contributed by atoms with Gasteiger partial charge in [-0.1, -0.05) is 75.0 Å². The Bertz CT molecular complexity index is 1360. The molecule has 3 aromatic carbocycles. The fraction of sp³-hybridized carbons (Fsp3) is 0.0800. The van der Waals surface area contributed by atoms with Crippen molar-refractivity contribution >= 4 is 80.0 Å². The van der Waals surface area contributed by atoms with Crippen molar-refractivity contribution in [1.29, 1.82) is 0 Å². The van der Waals surface area contributed by atoms with E-state index in [1.807, 2.05) is 37.3 Å². The van der Waals surface area contributed by atoms with E-state index in [9.17, 15) is 9.59 Å². The van der Waals surface area contributed by atoms with Gasteiger partial charge >= 0.3 is 0 Å². The second-order valence-corrected chi connectivity index (χ2v) is 9.58. The first kappa shape index (κ1) is 24.4. The molecule has 1 aliphatic rings. The van der Waals surface area contributed by atoms with Crippen LogP contribution in [0.4, 0.5) is 5.69 Å². The van der Waals surface area contributed by atoms with Gasteiger partial charge in [-0.25, -0.2) is 0 Å². The second-order valence-electron chi connectivity index (χ2n) is 7.49. The molecule has 0 bridgehead atoms. The maximum atomic E-state index is 13.4. The van der Waals surface area contributed by atoms with Crippen molar-refractivity contribution in [2.75, 3.05) is 4.90 Å². The van der Waals surface area contributed by atoms with Crippen LogP contribution in [0.5, 0.6) is 5.75 Å². The molecule has 2 amide bonds. The van der Waals surface area contributed by atoms with E-state index in [-0.39, 0.29) is 26.4 Å². The molecular weight excluding hydrogens is 559 g/mol. The Morgan fingerprint density at radius 1 is 1.09 bits per heavy atom. The highest BCUT2D eigenvalue weighted by Crippen LogP contribution is 2.35. The number of hydrogen-bond donors (Lipinski definition) is 1. The van der Waals surface area contributed by atoms with E-state index in [4.69, 9.17) is 40.2 Å². The van der Waals surface area contributed by atoms with Crippen LogP contribution >= 0.6 is 51.3 Å². The molecule has 1 fully saturated rings. The average Bonchev–Trinajstić information content (AvgIpc) is 2.79. The number of nitrogens with one attached hydrogen (secondary N) is 1. The van der Waals surface area contributed by atoms with Crippen LogP contribution in [0.15, 0.2) is 70.7 Å². The van der Waals surface area contributed by atoms with Gasteiger partial charge in [0, 0.05) is 10.0 Å². The van der Waals surface area contributed by atoms with Crippen molar-refractivity contribution in [2.24, 2.45) is 0 Å². The van der Waals surface area contributed by atoms with Crippen molar-refractivity contribution in [1.82, 2.24) is 5.32 Å². The van der Waals surface area contributed by atoms with Crippen LogP contribution in [0.1, 0.15) is 16.7 Å². The van der Waals surface area contributed by atoms with Gasteiger partial charge in [-0.05, 0) is 61.1 Å². The van der Waals surface area contributed by atoms with Crippen LogP contribution in [-0.2, 0) is 16.2 Å². The highest BCUT2D eigenvalue weighted by atomic mass is 79.9. The van der Waals surface area contributed by atoms with Crippen LogP contribution in [-0.4, -0.2) is 16.9 Å². The number of hydrogen-bond acceptors (Lipinski definition) is 4. The number of thiocarbonyl (C=S) groups is 1. The molecule has 0 saturated carbocycles. The zero-order chi connectivity index (χ0) is 24.4. The molecule has 0 atom stereocenters. The Morgan fingerprint density at radius 2 is 1.85 bits per heavy atom. The third-order valence-electron chi connectivity index (χ3n) is 5.02. The molecule has 0 unspecified atom stereocenters. The zero-order valence-corrected chi connectivity index (χ0v) is 21.7. The largest absolute Gasteiger partial charge is 0.488 e. The molecule has 34 heavy (non-hydrogen) atoms. The van der Waals surface area contributed by atoms with Gasteiger partial charge in [0.1, 0.15) is 17.9 Å². The molecule has 172 valence electrons. The normalized spacial score (nSPS) is 15.0. The van der Waals surface area contributed by atoms with Crippen LogP contribution in [0.2, 0.25) is 10.0 Å². The summed E-state index contributed by atoms with van der Waals surface area (Å²) in [4.78, 5) is 27.3.